The molecule has 5 nitrogen and oxygen atoms in total. The van der Waals surface area contributed by atoms with Crippen LogP contribution in [0.25, 0.3) is 0 Å². The number of carbonyl (C=O) groups excluding carboxylic acids is 1. The van der Waals surface area contributed by atoms with Crippen molar-refractivity contribution in [3.05, 3.63) is 15.6 Å². The van der Waals surface area contributed by atoms with E-state index in [0.29, 0.717) is 17.2 Å². The number of amides is 1. The standard InChI is InChI=1S/C17H22N2O3S/c1-9-13(23-15(18-9)10-4-2-3-5-10)14(20)19-12-7-6-11-8-17(11,12)16(21)22/h10-12H,2-8H2,1H3,(H,19,20)(H,21,22). The van der Waals surface area contributed by atoms with E-state index in [4.69, 9.17) is 0 Å². The first-order chi connectivity index (χ1) is 11.0. The molecule has 0 aromatic carbocycles. The van der Waals surface area contributed by atoms with E-state index < -0.39 is 11.4 Å². The smallest absolute Gasteiger partial charge is 0.312 e. The van der Waals surface area contributed by atoms with Gasteiger partial charge in [-0.05, 0) is 44.9 Å². The van der Waals surface area contributed by atoms with Crippen molar-refractivity contribution in [2.24, 2.45) is 11.3 Å². The van der Waals surface area contributed by atoms with Gasteiger partial charge in [0, 0.05) is 12.0 Å². The highest BCUT2D eigenvalue weighted by molar-refractivity contribution is 7.13. The Labute approximate surface area is 139 Å². The lowest BCUT2D eigenvalue weighted by atomic mass is 9.98. The molecular formula is C17H22N2O3S. The summed E-state index contributed by atoms with van der Waals surface area (Å²) < 4.78 is 0. The van der Waals surface area contributed by atoms with Crippen LogP contribution in [0.1, 0.15) is 71.2 Å². The predicted molar refractivity (Wildman–Crippen MR) is 86.7 cm³/mol. The highest BCUT2D eigenvalue weighted by atomic mass is 32.1. The molecule has 4 rings (SSSR count). The Morgan fingerprint density at radius 1 is 1.26 bits per heavy atom. The largest absolute Gasteiger partial charge is 0.481 e. The van der Waals surface area contributed by atoms with Crippen LogP contribution in [0, 0.1) is 18.3 Å². The number of nitrogens with zero attached hydrogens (tertiary/aromatic N) is 1. The second-order valence-electron chi connectivity index (χ2n) is 7.30. The Morgan fingerprint density at radius 3 is 2.65 bits per heavy atom. The summed E-state index contributed by atoms with van der Waals surface area (Å²) in [6, 6.07) is -0.228. The first kappa shape index (κ1) is 15.1. The molecule has 23 heavy (non-hydrogen) atoms. The monoisotopic (exact) mass is 334 g/mol. The maximum Gasteiger partial charge on any atom is 0.312 e. The average Bonchev–Trinajstić information content (AvgIpc) is 2.90. The Morgan fingerprint density at radius 2 is 2.00 bits per heavy atom. The number of thiazole rings is 1. The van der Waals surface area contributed by atoms with Crippen molar-refractivity contribution in [1.82, 2.24) is 10.3 Å². The molecule has 3 aliphatic carbocycles. The van der Waals surface area contributed by atoms with Crippen molar-refractivity contribution < 1.29 is 14.7 Å². The fourth-order valence-corrected chi connectivity index (χ4v) is 5.71. The first-order valence-corrected chi connectivity index (χ1v) is 9.35. The minimum absolute atomic E-state index is 0.137. The summed E-state index contributed by atoms with van der Waals surface area (Å²) in [5.74, 6) is -0.132. The number of aromatic nitrogens is 1. The van der Waals surface area contributed by atoms with Crippen molar-refractivity contribution in [3.63, 3.8) is 0 Å². The van der Waals surface area contributed by atoms with Gasteiger partial charge in [0.15, 0.2) is 0 Å². The van der Waals surface area contributed by atoms with Gasteiger partial charge in [-0.2, -0.15) is 0 Å². The number of nitrogens with one attached hydrogen (secondary N) is 1. The maximum atomic E-state index is 12.6. The Kier molecular flexibility index (Phi) is 3.48. The second-order valence-corrected chi connectivity index (χ2v) is 8.33. The van der Waals surface area contributed by atoms with E-state index >= 15 is 0 Å². The molecule has 0 bridgehead atoms. The summed E-state index contributed by atoms with van der Waals surface area (Å²) in [7, 11) is 0. The molecule has 0 aliphatic heterocycles. The second kappa shape index (κ2) is 5.30. The zero-order chi connectivity index (χ0) is 16.2. The lowest BCUT2D eigenvalue weighted by molar-refractivity contribution is -0.144. The van der Waals surface area contributed by atoms with E-state index in [9.17, 15) is 14.7 Å². The summed E-state index contributed by atoms with van der Waals surface area (Å²) >= 11 is 1.50. The minimum Gasteiger partial charge on any atom is -0.481 e. The van der Waals surface area contributed by atoms with E-state index in [1.807, 2.05) is 6.92 Å². The number of aliphatic carboxylic acids is 1. The third-order valence-electron chi connectivity index (χ3n) is 6.01. The van der Waals surface area contributed by atoms with Crippen LogP contribution in [0.15, 0.2) is 0 Å². The van der Waals surface area contributed by atoms with E-state index in [1.165, 1.54) is 37.0 Å². The molecule has 6 heteroatoms. The van der Waals surface area contributed by atoms with E-state index in [1.54, 1.807) is 0 Å². The van der Waals surface area contributed by atoms with Crippen LogP contribution in [0.3, 0.4) is 0 Å². The van der Waals surface area contributed by atoms with Crippen LogP contribution in [0.2, 0.25) is 0 Å². The van der Waals surface area contributed by atoms with Crippen LogP contribution in [-0.2, 0) is 4.79 Å². The van der Waals surface area contributed by atoms with E-state index in [-0.39, 0.29) is 17.9 Å². The first-order valence-electron chi connectivity index (χ1n) is 8.54. The van der Waals surface area contributed by atoms with Crippen LogP contribution in [0.5, 0.6) is 0 Å². The third kappa shape index (κ3) is 2.30. The zero-order valence-electron chi connectivity index (χ0n) is 13.3. The van der Waals surface area contributed by atoms with Crippen molar-refractivity contribution in [2.75, 3.05) is 0 Å². The number of rotatable bonds is 4. The van der Waals surface area contributed by atoms with Crippen LogP contribution >= 0.6 is 11.3 Å². The Balaban J connectivity index is 1.50. The number of carboxylic acids is 1. The molecule has 3 saturated carbocycles. The van der Waals surface area contributed by atoms with Gasteiger partial charge in [0.25, 0.3) is 5.91 Å². The molecule has 0 radical (unpaired) electrons. The normalized spacial score (nSPS) is 32.7. The number of fused-ring (bicyclic) bond motifs is 1. The van der Waals surface area contributed by atoms with Crippen molar-refractivity contribution in [3.8, 4) is 0 Å². The average molecular weight is 334 g/mol. The Bertz CT molecular complexity index is 665. The third-order valence-corrected chi connectivity index (χ3v) is 7.32. The van der Waals surface area contributed by atoms with E-state index in [2.05, 4.69) is 10.3 Å². The molecule has 3 unspecified atom stereocenters. The number of hydrogen-bond acceptors (Lipinski definition) is 4. The molecule has 3 fully saturated rings. The summed E-state index contributed by atoms with van der Waals surface area (Å²) in [5.41, 5.74) is 0.0897. The summed E-state index contributed by atoms with van der Waals surface area (Å²) in [6.07, 6.45) is 7.22. The lowest BCUT2D eigenvalue weighted by Gasteiger charge is -2.20. The van der Waals surface area contributed by atoms with Gasteiger partial charge in [-0.1, -0.05) is 12.8 Å². The zero-order valence-corrected chi connectivity index (χ0v) is 14.1. The van der Waals surface area contributed by atoms with Gasteiger partial charge in [0.05, 0.1) is 16.1 Å². The number of aryl methyl sites for hydroxylation is 1. The molecule has 1 aromatic heterocycles. The highest BCUT2D eigenvalue weighted by Crippen LogP contribution is 2.63. The van der Waals surface area contributed by atoms with Gasteiger partial charge < -0.3 is 10.4 Å². The molecule has 1 amide bonds. The fourth-order valence-electron chi connectivity index (χ4n) is 4.57. The van der Waals surface area contributed by atoms with E-state index in [0.717, 1.165) is 23.5 Å². The minimum atomic E-state index is -0.752. The molecule has 1 aromatic rings. The van der Waals surface area contributed by atoms with Crippen LogP contribution < -0.4 is 5.32 Å². The molecule has 0 spiro atoms. The summed E-state index contributed by atoms with van der Waals surface area (Å²) in [4.78, 5) is 29.5. The topological polar surface area (TPSA) is 79.3 Å². The van der Waals surface area contributed by atoms with Crippen LogP contribution in [0.4, 0.5) is 0 Å². The number of carboxylic acid groups (broad SMARTS) is 1. The van der Waals surface area contributed by atoms with Gasteiger partial charge >= 0.3 is 5.97 Å². The molecular weight excluding hydrogens is 312 g/mol. The van der Waals surface area contributed by atoms with Crippen molar-refractivity contribution >= 4 is 23.2 Å². The Hall–Kier alpha value is -1.43. The SMILES string of the molecule is Cc1nc(C2CCCC2)sc1C(=O)NC1CCC2CC21C(=O)O. The highest BCUT2D eigenvalue weighted by Gasteiger charge is 2.68. The fraction of sp³-hybridized carbons (Fsp3) is 0.706. The summed E-state index contributed by atoms with van der Waals surface area (Å²) in [6.45, 7) is 1.88. The molecule has 1 heterocycles. The van der Waals surface area contributed by atoms with Gasteiger partial charge in [-0.3, -0.25) is 9.59 Å². The lowest BCUT2D eigenvalue weighted by Crippen LogP contribution is -2.43. The number of hydrogen-bond donors (Lipinski definition) is 2. The molecule has 0 saturated heterocycles. The quantitative estimate of drug-likeness (QED) is 0.887. The molecule has 2 N–H and O–H groups in total. The van der Waals surface area contributed by atoms with Gasteiger partial charge in [0.1, 0.15) is 4.88 Å². The molecule has 3 aliphatic rings. The number of carbonyl (C=O) groups is 2. The summed E-state index contributed by atoms with van der Waals surface area (Å²) in [5, 5.41) is 13.6. The predicted octanol–water partition coefficient (Wildman–Crippen LogP) is 3.09. The molecule has 124 valence electrons. The maximum absolute atomic E-state index is 12.6. The molecule has 3 atom stereocenters. The van der Waals surface area contributed by atoms with Crippen molar-refractivity contribution in [1.29, 1.82) is 0 Å². The van der Waals surface area contributed by atoms with Gasteiger partial charge in [0.2, 0.25) is 0 Å². The van der Waals surface area contributed by atoms with Crippen LogP contribution in [-0.4, -0.2) is 28.0 Å². The van der Waals surface area contributed by atoms with Crippen molar-refractivity contribution in [2.45, 2.75) is 63.8 Å². The van der Waals surface area contributed by atoms with Gasteiger partial charge in [-0.25, -0.2) is 4.98 Å². The van der Waals surface area contributed by atoms with Gasteiger partial charge in [-0.15, -0.1) is 11.3 Å².